The van der Waals surface area contributed by atoms with Gasteiger partial charge in [0, 0.05) is 22.7 Å². The van der Waals surface area contributed by atoms with Crippen LogP contribution in [-0.2, 0) is 17.9 Å². The van der Waals surface area contributed by atoms with Crippen LogP contribution in [0.15, 0.2) is 83.1 Å². The van der Waals surface area contributed by atoms with Crippen molar-refractivity contribution in [2.45, 2.75) is 13.1 Å². The van der Waals surface area contributed by atoms with Gasteiger partial charge in [-0.3, -0.25) is 4.79 Å². The topological polar surface area (TPSA) is 80.2 Å². The van der Waals surface area contributed by atoms with Gasteiger partial charge in [-0.1, -0.05) is 30.3 Å². The number of aromatic nitrogens is 1. The Kier molecular flexibility index (Phi) is 6.33. The summed E-state index contributed by atoms with van der Waals surface area (Å²) in [6.07, 6.45) is 4.94. The van der Waals surface area contributed by atoms with Crippen LogP contribution in [0.5, 0.6) is 5.75 Å². The van der Waals surface area contributed by atoms with Gasteiger partial charge in [-0.15, -0.1) is 0 Å². The van der Waals surface area contributed by atoms with Crippen molar-refractivity contribution in [2.75, 3.05) is 6.61 Å². The lowest BCUT2D eigenvalue weighted by Gasteiger charge is -2.08. The van der Waals surface area contributed by atoms with Gasteiger partial charge in [0.25, 0.3) is 5.91 Å². The first-order valence-corrected chi connectivity index (χ1v) is 10.0. The molecule has 0 aliphatic rings. The molecule has 4 rings (SSSR count). The van der Waals surface area contributed by atoms with Crippen molar-refractivity contribution in [2.24, 2.45) is 0 Å². The first-order valence-electron chi connectivity index (χ1n) is 10.0. The molecule has 0 saturated heterocycles. The van der Waals surface area contributed by atoms with Gasteiger partial charge in [0.15, 0.2) is 11.6 Å². The number of benzene rings is 2. The molecule has 0 aliphatic heterocycles. The minimum atomic E-state index is -0.483. The van der Waals surface area contributed by atoms with Crippen LogP contribution in [0.25, 0.3) is 17.0 Å². The molecule has 1 N–H and O–H groups in total. The molecule has 32 heavy (non-hydrogen) atoms. The van der Waals surface area contributed by atoms with Crippen LogP contribution in [0.2, 0.25) is 0 Å². The predicted octanol–water partition coefficient (Wildman–Crippen LogP) is 4.68. The molecule has 0 spiro atoms. The summed E-state index contributed by atoms with van der Waals surface area (Å²) in [5, 5.41) is 13.1. The molecule has 0 saturated carbocycles. The van der Waals surface area contributed by atoms with Gasteiger partial charge < -0.3 is 19.0 Å². The molecule has 0 atom stereocenters. The Labute approximate surface area is 184 Å². The maximum absolute atomic E-state index is 13.8. The monoisotopic (exact) mass is 429 g/mol. The molecule has 0 aliphatic carbocycles. The molecule has 7 heteroatoms. The standard InChI is InChI=1S/C25H20FN3O3/c26-22-8-2-4-10-24(22)32-13-11-29-17-19(21-7-1-3-9-23(21)29)14-18(15-27)25(30)28-16-20-6-5-12-31-20/h1-10,12,14,17H,11,13,16H2,(H,28,30). The van der Waals surface area contributed by atoms with E-state index in [-0.39, 0.29) is 24.5 Å². The fourth-order valence-corrected chi connectivity index (χ4v) is 3.37. The van der Waals surface area contributed by atoms with Crippen LogP contribution in [0, 0.1) is 17.1 Å². The number of rotatable bonds is 8. The van der Waals surface area contributed by atoms with Gasteiger partial charge >= 0.3 is 0 Å². The summed E-state index contributed by atoms with van der Waals surface area (Å²) in [5.41, 5.74) is 1.64. The number of hydrogen-bond donors (Lipinski definition) is 1. The third-order valence-electron chi connectivity index (χ3n) is 4.91. The Morgan fingerprint density at radius 1 is 1.16 bits per heavy atom. The highest BCUT2D eigenvalue weighted by Crippen LogP contribution is 2.24. The Morgan fingerprint density at radius 2 is 1.97 bits per heavy atom. The van der Waals surface area contributed by atoms with E-state index in [4.69, 9.17) is 9.15 Å². The minimum Gasteiger partial charge on any atom is -0.489 e. The number of nitrogens with one attached hydrogen (secondary N) is 1. The quantitative estimate of drug-likeness (QED) is 0.326. The first kappa shape index (κ1) is 20.9. The maximum Gasteiger partial charge on any atom is 0.262 e. The zero-order valence-electron chi connectivity index (χ0n) is 17.1. The summed E-state index contributed by atoms with van der Waals surface area (Å²) in [7, 11) is 0. The van der Waals surface area contributed by atoms with Crippen LogP contribution in [0.4, 0.5) is 4.39 Å². The number of ether oxygens (including phenoxy) is 1. The summed E-state index contributed by atoms with van der Waals surface area (Å²) >= 11 is 0. The Bertz CT molecular complexity index is 1300. The van der Waals surface area contributed by atoms with Crippen molar-refractivity contribution < 1.29 is 18.3 Å². The number of carbonyl (C=O) groups excluding carboxylic acids is 1. The van der Waals surface area contributed by atoms with E-state index >= 15 is 0 Å². The van der Waals surface area contributed by atoms with Crippen molar-refractivity contribution in [1.82, 2.24) is 9.88 Å². The van der Waals surface area contributed by atoms with E-state index in [9.17, 15) is 14.4 Å². The van der Waals surface area contributed by atoms with E-state index in [0.29, 0.717) is 12.3 Å². The van der Waals surface area contributed by atoms with Crippen molar-refractivity contribution in [3.8, 4) is 11.8 Å². The second-order valence-corrected chi connectivity index (χ2v) is 7.01. The third kappa shape index (κ3) is 4.71. The fraction of sp³-hybridized carbons (Fsp3) is 0.120. The minimum absolute atomic E-state index is 0.0120. The van der Waals surface area contributed by atoms with E-state index in [1.165, 1.54) is 12.3 Å². The molecular formula is C25H20FN3O3. The summed E-state index contributed by atoms with van der Waals surface area (Å²) in [4.78, 5) is 12.5. The molecule has 2 aromatic heterocycles. The summed E-state index contributed by atoms with van der Waals surface area (Å²) in [6.45, 7) is 0.923. The van der Waals surface area contributed by atoms with Gasteiger partial charge in [0.2, 0.25) is 0 Å². The molecule has 2 aromatic carbocycles. The molecule has 0 radical (unpaired) electrons. The molecule has 1 amide bonds. The van der Waals surface area contributed by atoms with Crippen LogP contribution in [0.3, 0.4) is 0 Å². The summed E-state index contributed by atoms with van der Waals surface area (Å²) in [5.74, 6) is -0.0949. The number of para-hydroxylation sites is 2. The van der Waals surface area contributed by atoms with Crippen LogP contribution in [-0.4, -0.2) is 17.1 Å². The number of furan rings is 1. The van der Waals surface area contributed by atoms with Gasteiger partial charge in [-0.25, -0.2) is 4.39 Å². The first-order chi connectivity index (χ1) is 15.7. The van der Waals surface area contributed by atoms with E-state index < -0.39 is 11.7 Å². The molecule has 4 aromatic rings. The Hall–Kier alpha value is -4.31. The molecular weight excluding hydrogens is 409 g/mol. The zero-order valence-corrected chi connectivity index (χ0v) is 17.1. The lowest BCUT2D eigenvalue weighted by Crippen LogP contribution is -2.23. The van der Waals surface area contributed by atoms with Gasteiger partial charge in [-0.2, -0.15) is 5.26 Å². The van der Waals surface area contributed by atoms with Crippen molar-refractivity contribution in [1.29, 1.82) is 5.26 Å². The lowest BCUT2D eigenvalue weighted by molar-refractivity contribution is -0.117. The third-order valence-corrected chi connectivity index (χ3v) is 4.91. The predicted molar refractivity (Wildman–Crippen MR) is 118 cm³/mol. The van der Waals surface area contributed by atoms with E-state index in [2.05, 4.69) is 5.32 Å². The SMILES string of the molecule is N#CC(=Cc1cn(CCOc2ccccc2F)c2ccccc12)C(=O)NCc1ccco1. The van der Waals surface area contributed by atoms with E-state index in [1.807, 2.05) is 41.1 Å². The number of nitriles is 1. The van der Waals surface area contributed by atoms with E-state index in [1.54, 1.807) is 36.4 Å². The number of amides is 1. The van der Waals surface area contributed by atoms with Gasteiger partial charge in [0.1, 0.15) is 24.0 Å². The average molecular weight is 429 g/mol. The summed E-state index contributed by atoms with van der Waals surface area (Å²) < 4.78 is 26.5. The average Bonchev–Trinajstić information content (AvgIpc) is 3.45. The molecule has 2 heterocycles. The molecule has 6 nitrogen and oxygen atoms in total. The highest BCUT2D eigenvalue weighted by molar-refractivity contribution is 6.04. The normalized spacial score (nSPS) is 11.3. The maximum atomic E-state index is 13.8. The fourth-order valence-electron chi connectivity index (χ4n) is 3.37. The van der Waals surface area contributed by atoms with Gasteiger partial charge in [-0.05, 0) is 36.4 Å². The Balaban J connectivity index is 1.52. The molecule has 0 unspecified atom stereocenters. The number of fused-ring (bicyclic) bond motifs is 1. The van der Waals surface area contributed by atoms with Crippen LogP contribution in [0.1, 0.15) is 11.3 Å². The number of halogens is 1. The second kappa shape index (κ2) is 9.67. The van der Waals surface area contributed by atoms with Crippen molar-refractivity contribution in [3.05, 3.63) is 95.8 Å². The smallest absolute Gasteiger partial charge is 0.262 e. The number of nitrogens with zero attached hydrogens (tertiary/aromatic N) is 2. The van der Waals surface area contributed by atoms with Crippen molar-refractivity contribution >= 4 is 22.9 Å². The zero-order chi connectivity index (χ0) is 22.3. The molecule has 0 fully saturated rings. The molecule has 160 valence electrons. The van der Waals surface area contributed by atoms with E-state index in [0.717, 1.165) is 16.5 Å². The number of hydrogen-bond acceptors (Lipinski definition) is 4. The van der Waals surface area contributed by atoms with Crippen LogP contribution < -0.4 is 10.1 Å². The highest BCUT2D eigenvalue weighted by Gasteiger charge is 2.13. The largest absolute Gasteiger partial charge is 0.489 e. The lowest BCUT2D eigenvalue weighted by atomic mass is 10.1. The summed E-state index contributed by atoms with van der Waals surface area (Å²) in [6, 6.07) is 19.4. The second-order valence-electron chi connectivity index (χ2n) is 7.01. The molecule has 0 bridgehead atoms. The van der Waals surface area contributed by atoms with Crippen LogP contribution >= 0.6 is 0 Å². The number of carbonyl (C=O) groups is 1. The highest BCUT2D eigenvalue weighted by atomic mass is 19.1. The van der Waals surface area contributed by atoms with Crippen molar-refractivity contribution in [3.63, 3.8) is 0 Å². The van der Waals surface area contributed by atoms with Gasteiger partial charge in [0.05, 0.1) is 19.4 Å². The Morgan fingerprint density at radius 3 is 2.75 bits per heavy atom.